The maximum absolute atomic E-state index is 10.8. The van der Waals surface area contributed by atoms with Crippen LogP contribution in [0, 0.1) is 10.1 Å². The second-order valence-electron chi connectivity index (χ2n) is 4.90. The summed E-state index contributed by atoms with van der Waals surface area (Å²) < 4.78 is 6.27. The first-order valence-electron chi connectivity index (χ1n) is 6.90. The number of nitro groups is 1. The van der Waals surface area contributed by atoms with Crippen molar-refractivity contribution in [2.45, 2.75) is 0 Å². The molecule has 0 saturated carbocycles. The lowest BCUT2D eigenvalue weighted by Crippen LogP contribution is -1.88. The lowest BCUT2D eigenvalue weighted by Gasteiger charge is -2.00. The zero-order chi connectivity index (χ0) is 17.1. The van der Waals surface area contributed by atoms with Crippen molar-refractivity contribution in [3.05, 3.63) is 74.9 Å². The van der Waals surface area contributed by atoms with Crippen molar-refractivity contribution in [2.75, 3.05) is 0 Å². The van der Waals surface area contributed by atoms with Gasteiger partial charge in [0.1, 0.15) is 17.3 Å². The van der Waals surface area contributed by atoms with Crippen LogP contribution < -0.4 is 0 Å². The molecule has 1 heterocycles. The summed E-state index contributed by atoms with van der Waals surface area (Å²) in [5.74, 6) is 1.30. The SMILES string of the molecule is O=[N+]([O-])c1ccc(-c2ccc(C=Nc3ccc(O)cc3)o2)c(Br)c1. The maximum atomic E-state index is 10.8. The lowest BCUT2D eigenvalue weighted by atomic mass is 10.1. The van der Waals surface area contributed by atoms with E-state index in [9.17, 15) is 15.2 Å². The summed E-state index contributed by atoms with van der Waals surface area (Å²) in [4.78, 5) is 14.6. The predicted octanol–water partition coefficient (Wildman–Crippen LogP) is 5.07. The van der Waals surface area contributed by atoms with Crippen LogP contribution in [0.2, 0.25) is 0 Å². The molecule has 0 spiro atoms. The van der Waals surface area contributed by atoms with Crippen molar-refractivity contribution < 1.29 is 14.4 Å². The first-order valence-corrected chi connectivity index (χ1v) is 7.69. The van der Waals surface area contributed by atoms with E-state index in [0.717, 1.165) is 0 Å². The third-order valence-electron chi connectivity index (χ3n) is 3.25. The highest BCUT2D eigenvalue weighted by atomic mass is 79.9. The largest absolute Gasteiger partial charge is 0.508 e. The van der Waals surface area contributed by atoms with Gasteiger partial charge in [0.05, 0.1) is 16.8 Å². The lowest BCUT2D eigenvalue weighted by molar-refractivity contribution is -0.384. The number of non-ortho nitro benzene ring substituents is 1. The molecule has 2 aromatic carbocycles. The van der Waals surface area contributed by atoms with Crippen LogP contribution >= 0.6 is 15.9 Å². The number of phenols is 1. The molecule has 0 amide bonds. The van der Waals surface area contributed by atoms with Crippen LogP contribution in [0.25, 0.3) is 11.3 Å². The number of rotatable bonds is 4. The van der Waals surface area contributed by atoms with Gasteiger partial charge in [-0.3, -0.25) is 15.1 Å². The van der Waals surface area contributed by atoms with Gasteiger partial charge in [0.25, 0.3) is 5.69 Å². The fourth-order valence-corrected chi connectivity index (χ4v) is 2.62. The Morgan fingerprint density at radius 1 is 1.12 bits per heavy atom. The normalized spacial score (nSPS) is 11.0. The number of furan rings is 1. The van der Waals surface area contributed by atoms with Gasteiger partial charge >= 0.3 is 0 Å². The summed E-state index contributed by atoms with van der Waals surface area (Å²) in [6.45, 7) is 0. The van der Waals surface area contributed by atoms with Gasteiger partial charge in [-0.15, -0.1) is 0 Å². The van der Waals surface area contributed by atoms with Gasteiger partial charge in [0, 0.05) is 22.2 Å². The molecule has 0 aliphatic rings. The van der Waals surface area contributed by atoms with Crippen LogP contribution in [0.5, 0.6) is 5.75 Å². The van der Waals surface area contributed by atoms with Gasteiger partial charge < -0.3 is 9.52 Å². The summed E-state index contributed by atoms with van der Waals surface area (Å²) >= 11 is 3.32. The standard InChI is InChI=1S/C17H11BrN2O4/c18-16-9-12(20(22)23)3-7-15(16)17-8-6-14(24-17)10-19-11-1-4-13(21)5-2-11/h1-10,21H. The van der Waals surface area contributed by atoms with Gasteiger partial charge in [-0.2, -0.15) is 0 Å². The van der Waals surface area contributed by atoms with Crippen molar-refractivity contribution in [1.29, 1.82) is 0 Å². The minimum absolute atomic E-state index is 0.00583. The van der Waals surface area contributed by atoms with E-state index in [-0.39, 0.29) is 11.4 Å². The summed E-state index contributed by atoms with van der Waals surface area (Å²) in [6.07, 6.45) is 1.56. The summed E-state index contributed by atoms with van der Waals surface area (Å²) in [5.41, 5.74) is 1.40. The van der Waals surface area contributed by atoms with Crippen LogP contribution in [0.15, 0.2) is 68.5 Å². The number of aromatic hydroxyl groups is 1. The summed E-state index contributed by atoms with van der Waals surface area (Å²) in [7, 11) is 0. The molecule has 0 bridgehead atoms. The number of phenolic OH excluding ortho intramolecular Hbond substituents is 1. The molecule has 3 rings (SSSR count). The van der Waals surface area contributed by atoms with E-state index in [1.807, 2.05) is 0 Å². The van der Waals surface area contributed by atoms with Crippen molar-refractivity contribution in [3.63, 3.8) is 0 Å². The number of benzene rings is 2. The second-order valence-corrected chi connectivity index (χ2v) is 5.75. The number of hydrogen-bond acceptors (Lipinski definition) is 5. The molecule has 120 valence electrons. The van der Waals surface area contributed by atoms with E-state index in [4.69, 9.17) is 4.42 Å². The molecule has 0 fully saturated rings. The average molecular weight is 387 g/mol. The van der Waals surface area contributed by atoms with Gasteiger partial charge in [0.2, 0.25) is 0 Å². The Balaban J connectivity index is 1.83. The molecule has 1 N–H and O–H groups in total. The molecule has 0 radical (unpaired) electrons. The molecule has 0 unspecified atom stereocenters. The van der Waals surface area contributed by atoms with Crippen LogP contribution in [0.1, 0.15) is 5.76 Å². The minimum Gasteiger partial charge on any atom is -0.508 e. The minimum atomic E-state index is -0.452. The third-order valence-corrected chi connectivity index (χ3v) is 3.90. The Bertz CT molecular complexity index is 917. The summed E-state index contributed by atoms with van der Waals surface area (Å²) in [5, 5.41) is 20.0. The molecule has 0 aliphatic heterocycles. The smallest absolute Gasteiger partial charge is 0.270 e. The molecule has 0 atom stereocenters. The molecular weight excluding hydrogens is 376 g/mol. The van der Waals surface area contributed by atoms with Gasteiger partial charge in [0.15, 0.2) is 0 Å². The average Bonchev–Trinajstić information content (AvgIpc) is 3.03. The number of hydrogen-bond donors (Lipinski definition) is 1. The third kappa shape index (κ3) is 3.52. The topological polar surface area (TPSA) is 88.9 Å². The molecule has 7 heteroatoms. The van der Waals surface area contributed by atoms with Crippen molar-refractivity contribution in [3.8, 4) is 17.1 Å². The first kappa shape index (κ1) is 15.9. The van der Waals surface area contributed by atoms with Crippen LogP contribution in [0.4, 0.5) is 11.4 Å². The molecule has 1 aromatic heterocycles. The Labute approximate surface area is 145 Å². The highest BCUT2D eigenvalue weighted by molar-refractivity contribution is 9.10. The highest BCUT2D eigenvalue weighted by Gasteiger charge is 2.12. The molecule has 3 aromatic rings. The number of halogens is 1. The molecular formula is C17H11BrN2O4. The molecule has 24 heavy (non-hydrogen) atoms. The Kier molecular flexibility index (Phi) is 4.43. The Morgan fingerprint density at radius 3 is 2.54 bits per heavy atom. The molecule has 0 aliphatic carbocycles. The molecule has 6 nitrogen and oxygen atoms in total. The number of nitro benzene ring substituents is 1. The van der Waals surface area contributed by atoms with Crippen molar-refractivity contribution in [2.24, 2.45) is 4.99 Å². The molecule has 0 saturated heterocycles. The second kappa shape index (κ2) is 6.67. The number of aliphatic imine (C=N–C) groups is 1. The van der Waals surface area contributed by atoms with E-state index in [1.165, 1.54) is 12.1 Å². The van der Waals surface area contributed by atoms with E-state index >= 15 is 0 Å². The van der Waals surface area contributed by atoms with Gasteiger partial charge in [-0.1, -0.05) is 0 Å². The fraction of sp³-hybridized carbons (Fsp3) is 0. The zero-order valence-electron chi connectivity index (χ0n) is 12.2. The quantitative estimate of drug-likeness (QED) is 0.384. The van der Waals surface area contributed by atoms with Crippen LogP contribution in [-0.2, 0) is 0 Å². The zero-order valence-corrected chi connectivity index (χ0v) is 13.8. The Hall–Kier alpha value is -2.93. The van der Waals surface area contributed by atoms with E-state index in [0.29, 0.717) is 27.2 Å². The fourth-order valence-electron chi connectivity index (χ4n) is 2.06. The van der Waals surface area contributed by atoms with E-state index in [1.54, 1.807) is 48.7 Å². The summed E-state index contributed by atoms with van der Waals surface area (Å²) in [6, 6.07) is 14.5. The van der Waals surface area contributed by atoms with E-state index in [2.05, 4.69) is 20.9 Å². The van der Waals surface area contributed by atoms with Crippen LogP contribution in [-0.4, -0.2) is 16.2 Å². The maximum Gasteiger partial charge on any atom is 0.270 e. The number of nitrogens with zero attached hydrogens (tertiary/aromatic N) is 2. The Morgan fingerprint density at radius 2 is 1.88 bits per heavy atom. The van der Waals surface area contributed by atoms with Gasteiger partial charge in [-0.25, -0.2) is 0 Å². The van der Waals surface area contributed by atoms with Crippen LogP contribution in [0.3, 0.4) is 0 Å². The highest BCUT2D eigenvalue weighted by Crippen LogP contribution is 2.32. The van der Waals surface area contributed by atoms with Gasteiger partial charge in [-0.05, 0) is 58.4 Å². The predicted molar refractivity (Wildman–Crippen MR) is 93.9 cm³/mol. The van der Waals surface area contributed by atoms with Crippen molar-refractivity contribution >= 4 is 33.5 Å². The van der Waals surface area contributed by atoms with Crippen molar-refractivity contribution in [1.82, 2.24) is 0 Å². The monoisotopic (exact) mass is 386 g/mol. The first-order chi connectivity index (χ1) is 11.5. The van der Waals surface area contributed by atoms with E-state index < -0.39 is 4.92 Å².